The number of halogens is 1. The number of rotatable bonds is 8. The van der Waals surface area contributed by atoms with E-state index in [9.17, 15) is 4.79 Å². The van der Waals surface area contributed by atoms with Gasteiger partial charge < -0.3 is 19.8 Å². The van der Waals surface area contributed by atoms with Crippen molar-refractivity contribution in [1.29, 1.82) is 0 Å². The lowest BCUT2D eigenvalue weighted by Crippen LogP contribution is -2.12. The summed E-state index contributed by atoms with van der Waals surface area (Å²) >= 11 is 7.68. The molecule has 0 saturated carbocycles. The summed E-state index contributed by atoms with van der Waals surface area (Å²) in [4.78, 5) is 20.0. The molecule has 0 atom stereocenters. The number of ether oxygens (including phenoxy) is 2. The molecule has 0 unspecified atom stereocenters. The Labute approximate surface area is 166 Å². The Morgan fingerprint density at radius 3 is 2.74 bits per heavy atom. The fourth-order valence-electron chi connectivity index (χ4n) is 2.57. The van der Waals surface area contributed by atoms with Gasteiger partial charge in [-0.1, -0.05) is 35.5 Å². The number of imidazole rings is 1. The minimum Gasteiger partial charge on any atom is -0.495 e. The van der Waals surface area contributed by atoms with E-state index in [1.54, 1.807) is 23.9 Å². The monoisotopic (exact) mass is 405 g/mol. The first-order valence-electron chi connectivity index (χ1n) is 8.39. The van der Waals surface area contributed by atoms with Gasteiger partial charge in [0.15, 0.2) is 5.16 Å². The molecule has 3 aromatic rings. The zero-order valence-corrected chi connectivity index (χ0v) is 16.6. The Balaban J connectivity index is 1.51. The predicted octanol–water partition coefficient (Wildman–Crippen LogP) is 4.74. The number of hydrogen-bond donors (Lipinski definition) is 2. The van der Waals surface area contributed by atoms with E-state index in [0.29, 0.717) is 28.6 Å². The third kappa shape index (κ3) is 4.87. The molecule has 27 heavy (non-hydrogen) atoms. The van der Waals surface area contributed by atoms with Crippen molar-refractivity contribution >= 4 is 46.0 Å². The topological polar surface area (TPSA) is 76.2 Å². The number of fused-ring (bicyclic) bond motifs is 1. The number of hydrogen-bond acceptors (Lipinski definition) is 5. The molecular formula is C19H20ClN3O3S. The standard InChI is InChI=1S/C19H20ClN3O3S/c1-25-16-11-15(17(26-2)10-12(16)20)21-18(24)8-5-9-27-19-22-13-6-3-4-7-14(13)23-19/h3-4,6-7,10-11H,5,8-9H2,1-2H3,(H,21,24)(H,22,23). The third-order valence-electron chi connectivity index (χ3n) is 3.90. The Hall–Kier alpha value is -2.38. The number of amides is 1. The minimum atomic E-state index is -0.0946. The van der Waals surface area contributed by atoms with Gasteiger partial charge in [-0.15, -0.1) is 0 Å². The van der Waals surface area contributed by atoms with E-state index in [1.807, 2.05) is 24.3 Å². The molecule has 3 rings (SSSR count). The van der Waals surface area contributed by atoms with E-state index in [0.717, 1.165) is 28.4 Å². The van der Waals surface area contributed by atoms with Gasteiger partial charge in [0.25, 0.3) is 0 Å². The average Bonchev–Trinajstić information content (AvgIpc) is 3.09. The second-order valence-electron chi connectivity index (χ2n) is 5.75. The van der Waals surface area contributed by atoms with Gasteiger partial charge in [-0.25, -0.2) is 4.98 Å². The first-order valence-corrected chi connectivity index (χ1v) is 9.76. The predicted molar refractivity (Wildman–Crippen MR) is 109 cm³/mol. The van der Waals surface area contributed by atoms with Crippen LogP contribution in [-0.2, 0) is 4.79 Å². The fraction of sp³-hybridized carbons (Fsp3) is 0.263. The third-order valence-corrected chi connectivity index (χ3v) is 5.16. The highest BCUT2D eigenvalue weighted by Gasteiger charge is 2.12. The second-order valence-corrected chi connectivity index (χ2v) is 7.24. The quantitative estimate of drug-likeness (QED) is 0.418. The summed E-state index contributed by atoms with van der Waals surface area (Å²) in [6.07, 6.45) is 1.11. The van der Waals surface area contributed by atoms with Crippen molar-refractivity contribution in [2.75, 3.05) is 25.3 Å². The Bertz CT molecular complexity index is 912. The van der Waals surface area contributed by atoms with Gasteiger partial charge in [-0.05, 0) is 18.6 Å². The lowest BCUT2D eigenvalue weighted by molar-refractivity contribution is -0.116. The molecular weight excluding hydrogens is 386 g/mol. The van der Waals surface area contributed by atoms with E-state index in [1.165, 1.54) is 14.2 Å². The maximum Gasteiger partial charge on any atom is 0.224 e. The molecule has 0 fully saturated rings. The molecule has 1 aromatic heterocycles. The van der Waals surface area contributed by atoms with Gasteiger partial charge in [-0.3, -0.25) is 4.79 Å². The summed E-state index contributed by atoms with van der Waals surface area (Å²) in [7, 11) is 3.05. The number of aromatic nitrogens is 2. The fourth-order valence-corrected chi connectivity index (χ4v) is 3.63. The van der Waals surface area contributed by atoms with Crippen molar-refractivity contribution in [2.24, 2.45) is 0 Å². The largest absolute Gasteiger partial charge is 0.495 e. The maximum absolute atomic E-state index is 12.2. The van der Waals surface area contributed by atoms with Crippen LogP contribution in [0.2, 0.25) is 5.02 Å². The Kier molecular flexibility index (Phi) is 6.47. The SMILES string of the molecule is COc1cc(NC(=O)CCCSc2nc3ccccc3[nH]2)c(OC)cc1Cl. The highest BCUT2D eigenvalue weighted by atomic mass is 35.5. The number of nitrogens with one attached hydrogen (secondary N) is 2. The van der Waals surface area contributed by atoms with Crippen LogP contribution in [0.4, 0.5) is 5.69 Å². The van der Waals surface area contributed by atoms with Gasteiger partial charge in [0.2, 0.25) is 5.91 Å². The number of aromatic amines is 1. The number of anilines is 1. The highest BCUT2D eigenvalue weighted by Crippen LogP contribution is 2.36. The maximum atomic E-state index is 12.2. The summed E-state index contributed by atoms with van der Waals surface area (Å²) in [5.74, 6) is 1.66. The van der Waals surface area contributed by atoms with Gasteiger partial charge in [0.1, 0.15) is 11.5 Å². The van der Waals surface area contributed by atoms with Gasteiger partial charge in [0, 0.05) is 24.3 Å². The summed E-state index contributed by atoms with van der Waals surface area (Å²) in [6, 6.07) is 11.2. The van der Waals surface area contributed by atoms with Crippen molar-refractivity contribution in [3.63, 3.8) is 0 Å². The Morgan fingerprint density at radius 1 is 1.22 bits per heavy atom. The van der Waals surface area contributed by atoms with Crippen LogP contribution in [0.15, 0.2) is 41.6 Å². The molecule has 2 N–H and O–H groups in total. The molecule has 0 aliphatic carbocycles. The number of carbonyl (C=O) groups is 1. The normalized spacial score (nSPS) is 10.8. The van der Waals surface area contributed by atoms with Crippen LogP contribution >= 0.6 is 23.4 Å². The molecule has 0 saturated heterocycles. The van der Waals surface area contributed by atoms with E-state index < -0.39 is 0 Å². The van der Waals surface area contributed by atoms with Crippen molar-refractivity contribution in [3.8, 4) is 11.5 Å². The van der Waals surface area contributed by atoms with Gasteiger partial charge >= 0.3 is 0 Å². The molecule has 0 bridgehead atoms. The highest BCUT2D eigenvalue weighted by molar-refractivity contribution is 7.99. The zero-order valence-electron chi connectivity index (χ0n) is 15.0. The van der Waals surface area contributed by atoms with Crippen molar-refractivity contribution in [1.82, 2.24) is 9.97 Å². The smallest absolute Gasteiger partial charge is 0.224 e. The number of carbonyl (C=O) groups excluding carboxylic acids is 1. The van der Waals surface area contributed by atoms with Crippen LogP contribution in [-0.4, -0.2) is 35.8 Å². The molecule has 0 radical (unpaired) electrons. The number of thioether (sulfide) groups is 1. The first-order chi connectivity index (χ1) is 13.1. The zero-order chi connectivity index (χ0) is 19.2. The molecule has 0 aliphatic rings. The van der Waals surface area contributed by atoms with Crippen LogP contribution in [0.3, 0.4) is 0 Å². The number of methoxy groups -OCH3 is 2. The van der Waals surface area contributed by atoms with Crippen LogP contribution in [0, 0.1) is 0 Å². The molecule has 142 valence electrons. The molecule has 0 aliphatic heterocycles. The summed E-state index contributed by atoms with van der Waals surface area (Å²) in [5, 5.41) is 4.14. The van der Waals surface area contributed by atoms with Crippen molar-refractivity contribution < 1.29 is 14.3 Å². The first kappa shape index (κ1) is 19.4. The summed E-state index contributed by atoms with van der Waals surface area (Å²) < 4.78 is 10.5. The van der Waals surface area contributed by atoms with Crippen molar-refractivity contribution in [2.45, 2.75) is 18.0 Å². The molecule has 1 heterocycles. The van der Waals surface area contributed by atoms with Gasteiger partial charge in [0.05, 0.1) is 36.0 Å². The average molecular weight is 406 g/mol. The molecule has 6 nitrogen and oxygen atoms in total. The van der Waals surface area contributed by atoms with Crippen molar-refractivity contribution in [3.05, 3.63) is 41.4 Å². The van der Waals surface area contributed by atoms with Crippen LogP contribution in [0.1, 0.15) is 12.8 Å². The lowest BCUT2D eigenvalue weighted by atomic mass is 10.2. The molecule has 1 amide bonds. The number of H-pyrrole nitrogens is 1. The van der Waals surface area contributed by atoms with Crippen LogP contribution in [0.5, 0.6) is 11.5 Å². The Morgan fingerprint density at radius 2 is 2.00 bits per heavy atom. The number of benzene rings is 2. The number of nitrogens with zero attached hydrogens (tertiary/aromatic N) is 1. The van der Waals surface area contributed by atoms with E-state index in [-0.39, 0.29) is 5.91 Å². The van der Waals surface area contributed by atoms with E-state index in [2.05, 4.69) is 15.3 Å². The lowest BCUT2D eigenvalue weighted by Gasteiger charge is -2.13. The second kappa shape index (κ2) is 9.01. The summed E-state index contributed by atoms with van der Waals surface area (Å²) in [6.45, 7) is 0. The van der Waals surface area contributed by atoms with Crippen LogP contribution in [0.25, 0.3) is 11.0 Å². The van der Waals surface area contributed by atoms with E-state index in [4.69, 9.17) is 21.1 Å². The molecule has 8 heteroatoms. The molecule has 2 aromatic carbocycles. The minimum absolute atomic E-state index is 0.0946. The van der Waals surface area contributed by atoms with Gasteiger partial charge in [-0.2, -0.15) is 0 Å². The van der Waals surface area contributed by atoms with E-state index >= 15 is 0 Å². The molecule has 0 spiro atoms. The number of para-hydroxylation sites is 2. The summed E-state index contributed by atoms with van der Waals surface area (Å²) in [5.41, 5.74) is 2.50. The van der Waals surface area contributed by atoms with Crippen LogP contribution < -0.4 is 14.8 Å².